The van der Waals surface area contributed by atoms with Crippen molar-refractivity contribution in [3.8, 4) is 0 Å². The molecular weight excluding hydrogens is 404 g/mol. The number of ether oxygens (including phenoxy) is 2. The van der Waals surface area contributed by atoms with E-state index in [0.717, 1.165) is 11.6 Å². The van der Waals surface area contributed by atoms with Gasteiger partial charge in [-0.25, -0.2) is 19.2 Å². The molecule has 0 heterocycles. The molecule has 31 heavy (non-hydrogen) atoms. The minimum absolute atomic E-state index is 0.176. The van der Waals surface area contributed by atoms with Crippen LogP contribution in [-0.2, 0) is 35.3 Å². The summed E-state index contributed by atoms with van der Waals surface area (Å²) in [5, 5.41) is 15.5. The molecule has 0 atom stereocenters. The molecule has 0 amide bonds. The number of carboxylic acids is 2. The Labute approximate surface area is 182 Å². The van der Waals surface area contributed by atoms with E-state index < -0.39 is 11.9 Å². The van der Waals surface area contributed by atoms with Crippen molar-refractivity contribution in [3.63, 3.8) is 0 Å². The average molecular weight is 434 g/mol. The fourth-order valence-corrected chi connectivity index (χ4v) is 1.02. The van der Waals surface area contributed by atoms with Gasteiger partial charge in [0, 0.05) is 22.8 Å². The van der Waals surface area contributed by atoms with Crippen LogP contribution in [0.2, 0.25) is 0 Å². The fraction of sp³-hybridized carbons (Fsp3) is 0.217. The maximum Gasteiger partial charge on any atom is 0.333 e. The Morgan fingerprint density at radius 2 is 1.26 bits per heavy atom. The van der Waals surface area contributed by atoms with Gasteiger partial charge in [0.1, 0.15) is 6.61 Å². The molecule has 8 heteroatoms. The monoisotopic (exact) mass is 434 g/mol. The first kappa shape index (κ1) is 31.7. The molecule has 0 saturated heterocycles. The van der Waals surface area contributed by atoms with Gasteiger partial charge in [0.05, 0.1) is 7.11 Å². The molecule has 0 bridgehead atoms. The Morgan fingerprint density at radius 3 is 1.48 bits per heavy atom. The standard InChI is InChI=1S/C11H12O2.C5H8O2.C4H6O2.C3H4O2/c1-9(2)11(12)13-8-10-6-4-3-5-7-10;1-4(2)5(6)7-3;1-3(2)4(5)6;1-2-3(4)5/h3-7H,1,8H2,2H3;1H2,2-3H3;1H2,2H3,(H,5,6);2H,1H2,(H,4,5). The highest BCUT2D eigenvalue weighted by Crippen LogP contribution is 2.02. The highest BCUT2D eigenvalue weighted by Gasteiger charge is 2.02. The van der Waals surface area contributed by atoms with Gasteiger partial charge < -0.3 is 19.7 Å². The zero-order valence-electron chi connectivity index (χ0n) is 18.3. The van der Waals surface area contributed by atoms with E-state index in [-0.39, 0.29) is 17.5 Å². The second-order valence-electron chi connectivity index (χ2n) is 5.74. The van der Waals surface area contributed by atoms with Gasteiger partial charge in [-0.05, 0) is 26.3 Å². The molecule has 2 N–H and O–H groups in total. The van der Waals surface area contributed by atoms with Gasteiger partial charge in [-0.1, -0.05) is 56.6 Å². The summed E-state index contributed by atoms with van der Waals surface area (Å²) < 4.78 is 9.22. The molecule has 0 fully saturated rings. The normalized spacial score (nSPS) is 8.13. The maximum absolute atomic E-state index is 11.0. The molecule has 1 aromatic rings. The predicted octanol–water partition coefficient (Wildman–Crippen LogP) is 3.95. The van der Waals surface area contributed by atoms with E-state index >= 15 is 0 Å². The lowest BCUT2D eigenvalue weighted by Gasteiger charge is -2.03. The quantitative estimate of drug-likeness (QED) is 0.509. The van der Waals surface area contributed by atoms with Crippen molar-refractivity contribution in [2.75, 3.05) is 7.11 Å². The Kier molecular flexibility index (Phi) is 19.8. The lowest BCUT2D eigenvalue weighted by Crippen LogP contribution is -2.04. The molecular formula is C23H30O8. The Balaban J connectivity index is -0.000000371. The minimum Gasteiger partial charge on any atom is -0.478 e. The first-order chi connectivity index (χ1) is 14.3. The number of hydrogen-bond donors (Lipinski definition) is 2. The largest absolute Gasteiger partial charge is 0.478 e. The number of methoxy groups -OCH3 is 1. The van der Waals surface area contributed by atoms with Crippen LogP contribution in [0.4, 0.5) is 0 Å². The lowest BCUT2D eigenvalue weighted by molar-refractivity contribution is -0.140. The molecule has 0 unspecified atom stereocenters. The van der Waals surface area contributed by atoms with Crippen molar-refractivity contribution >= 4 is 23.9 Å². The molecule has 0 aliphatic heterocycles. The highest BCUT2D eigenvalue weighted by atomic mass is 16.5. The van der Waals surface area contributed by atoms with Gasteiger partial charge in [-0.15, -0.1) is 0 Å². The first-order valence-electron chi connectivity index (χ1n) is 8.64. The summed E-state index contributed by atoms with van der Waals surface area (Å²) in [5.74, 6) is -2.61. The Morgan fingerprint density at radius 1 is 0.871 bits per heavy atom. The van der Waals surface area contributed by atoms with Crippen LogP contribution in [0.25, 0.3) is 0 Å². The van der Waals surface area contributed by atoms with Crippen LogP contribution < -0.4 is 0 Å². The topological polar surface area (TPSA) is 127 Å². The molecule has 0 saturated carbocycles. The van der Waals surface area contributed by atoms with E-state index in [1.165, 1.54) is 14.0 Å². The third-order valence-electron chi connectivity index (χ3n) is 2.63. The third kappa shape index (κ3) is 24.0. The van der Waals surface area contributed by atoms with Crippen molar-refractivity contribution in [1.29, 1.82) is 0 Å². The van der Waals surface area contributed by atoms with Crippen LogP contribution in [0, 0.1) is 0 Å². The Bertz CT molecular complexity index is 764. The van der Waals surface area contributed by atoms with Gasteiger partial charge in [-0.3, -0.25) is 0 Å². The number of carboxylic acid groups (broad SMARTS) is 2. The van der Waals surface area contributed by atoms with Crippen molar-refractivity contribution in [2.24, 2.45) is 0 Å². The Hall–Kier alpha value is -3.94. The number of esters is 2. The molecule has 1 aromatic carbocycles. The van der Waals surface area contributed by atoms with Crippen LogP contribution in [0.5, 0.6) is 0 Å². The van der Waals surface area contributed by atoms with Crippen molar-refractivity contribution < 1.29 is 38.9 Å². The highest BCUT2D eigenvalue weighted by molar-refractivity contribution is 5.87. The van der Waals surface area contributed by atoms with Gasteiger partial charge in [0.25, 0.3) is 0 Å². The van der Waals surface area contributed by atoms with E-state index in [1.807, 2.05) is 30.3 Å². The second-order valence-corrected chi connectivity index (χ2v) is 5.74. The number of carbonyl (C=O) groups is 4. The third-order valence-corrected chi connectivity index (χ3v) is 2.63. The van der Waals surface area contributed by atoms with E-state index in [9.17, 15) is 19.2 Å². The molecule has 0 aromatic heterocycles. The molecule has 8 nitrogen and oxygen atoms in total. The summed E-state index contributed by atoms with van der Waals surface area (Å²) in [4.78, 5) is 40.0. The lowest BCUT2D eigenvalue weighted by atomic mass is 10.2. The second kappa shape index (κ2) is 19.4. The molecule has 1 rings (SSSR count). The molecule has 0 aliphatic rings. The summed E-state index contributed by atoms with van der Waals surface area (Å²) in [6.07, 6.45) is 0.833. The van der Waals surface area contributed by atoms with Crippen LogP contribution in [-0.4, -0.2) is 41.2 Å². The zero-order chi connectivity index (χ0) is 25.0. The maximum atomic E-state index is 11.0. The van der Waals surface area contributed by atoms with Gasteiger partial charge >= 0.3 is 23.9 Å². The number of aliphatic carboxylic acids is 2. The molecule has 0 aliphatic carbocycles. The van der Waals surface area contributed by atoms with Gasteiger partial charge in [0.15, 0.2) is 0 Å². The van der Waals surface area contributed by atoms with E-state index in [2.05, 4.69) is 31.1 Å². The fourth-order valence-electron chi connectivity index (χ4n) is 1.02. The summed E-state index contributed by atoms with van der Waals surface area (Å²) in [6.45, 7) is 18.0. The molecule has 0 radical (unpaired) electrons. The van der Waals surface area contributed by atoms with Crippen molar-refractivity contribution in [1.82, 2.24) is 0 Å². The predicted molar refractivity (Wildman–Crippen MR) is 118 cm³/mol. The zero-order valence-corrected chi connectivity index (χ0v) is 18.3. The number of rotatable bonds is 6. The van der Waals surface area contributed by atoms with Crippen LogP contribution in [0.1, 0.15) is 26.3 Å². The van der Waals surface area contributed by atoms with Crippen LogP contribution in [0.3, 0.4) is 0 Å². The van der Waals surface area contributed by atoms with Gasteiger partial charge in [-0.2, -0.15) is 0 Å². The van der Waals surface area contributed by atoms with Crippen LogP contribution in [0.15, 0.2) is 79.4 Å². The average Bonchev–Trinajstić information content (AvgIpc) is 2.73. The van der Waals surface area contributed by atoms with Crippen LogP contribution >= 0.6 is 0 Å². The summed E-state index contributed by atoms with van der Waals surface area (Å²) in [7, 11) is 1.33. The molecule has 0 spiro atoms. The van der Waals surface area contributed by atoms with Crippen molar-refractivity contribution in [2.45, 2.75) is 27.4 Å². The number of benzene rings is 1. The summed E-state index contributed by atoms with van der Waals surface area (Å²) in [5.41, 5.74) is 2.02. The summed E-state index contributed by atoms with van der Waals surface area (Å²) in [6, 6.07) is 9.55. The molecule has 170 valence electrons. The number of hydrogen-bond acceptors (Lipinski definition) is 6. The minimum atomic E-state index is -0.981. The first-order valence-corrected chi connectivity index (χ1v) is 8.64. The smallest absolute Gasteiger partial charge is 0.333 e. The van der Waals surface area contributed by atoms with Crippen molar-refractivity contribution in [3.05, 3.63) is 85.0 Å². The summed E-state index contributed by atoms with van der Waals surface area (Å²) >= 11 is 0. The van der Waals surface area contributed by atoms with E-state index in [1.54, 1.807) is 13.8 Å². The number of carbonyl (C=O) groups excluding carboxylic acids is 2. The van der Waals surface area contributed by atoms with E-state index in [0.29, 0.717) is 17.8 Å². The SMILES string of the molecule is C=C(C)C(=O)O.C=C(C)C(=O)OC.C=C(C)C(=O)OCc1ccccc1.C=CC(=O)O. The van der Waals surface area contributed by atoms with Gasteiger partial charge in [0.2, 0.25) is 0 Å². The van der Waals surface area contributed by atoms with E-state index in [4.69, 9.17) is 14.9 Å².